The first-order valence-corrected chi connectivity index (χ1v) is 12.6. The first kappa shape index (κ1) is 25.2. The van der Waals surface area contributed by atoms with Gasteiger partial charge in [0.25, 0.3) is 11.5 Å². The number of aromatic nitrogens is 1. The van der Waals surface area contributed by atoms with Crippen LogP contribution in [0, 0.1) is 5.82 Å². The van der Waals surface area contributed by atoms with Crippen LogP contribution in [-0.2, 0) is 4.79 Å². The van der Waals surface area contributed by atoms with Crippen molar-refractivity contribution in [2.45, 2.75) is 13.0 Å². The molecule has 4 aromatic rings. The Labute approximate surface area is 221 Å². The van der Waals surface area contributed by atoms with Gasteiger partial charge in [-0.25, -0.2) is 9.38 Å². The number of allylic oxidation sites excluding steroid dienone is 1. The summed E-state index contributed by atoms with van der Waals surface area (Å²) in [5, 5.41) is 2.93. The van der Waals surface area contributed by atoms with Crippen LogP contribution in [0.4, 0.5) is 10.1 Å². The molecular weight excluding hydrogens is 505 g/mol. The number of para-hydroxylation sites is 1. The molecule has 1 amide bonds. The fourth-order valence-corrected chi connectivity index (χ4v) is 5.43. The Balaban J connectivity index is 1.72. The van der Waals surface area contributed by atoms with Gasteiger partial charge >= 0.3 is 0 Å². The Bertz CT molecular complexity index is 1720. The van der Waals surface area contributed by atoms with Crippen molar-refractivity contribution >= 4 is 29.0 Å². The molecule has 38 heavy (non-hydrogen) atoms. The number of ether oxygens (including phenoxy) is 2. The van der Waals surface area contributed by atoms with Crippen LogP contribution >= 0.6 is 11.3 Å². The van der Waals surface area contributed by atoms with E-state index in [0.717, 1.165) is 0 Å². The standard InChI is InChI=1S/C29H24FN3O4S/c1-17-25(27(34)32-20-7-5-4-6-8-20)26(22-14-13-21(36-2)16-23(22)37-3)33-28(35)24(38-29(33)31-17)15-18-9-11-19(30)12-10-18/h4-16,26H,1-3H3,(H,32,34)/b24-15-/t26-/m0/s1. The summed E-state index contributed by atoms with van der Waals surface area (Å²) in [4.78, 5) is 32.6. The molecule has 1 N–H and O–H groups in total. The number of rotatable bonds is 6. The van der Waals surface area contributed by atoms with E-state index >= 15 is 0 Å². The summed E-state index contributed by atoms with van der Waals surface area (Å²) >= 11 is 1.21. The molecule has 0 saturated carbocycles. The van der Waals surface area contributed by atoms with Crippen molar-refractivity contribution in [1.82, 2.24) is 4.57 Å². The smallest absolute Gasteiger partial charge is 0.271 e. The maximum atomic E-state index is 13.8. The average Bonchev–Trinajstić information content (AvgIpc) is 3.23. The number of nitrogens with zero attached hydrogens (tertiary/aromatic N) is 2. The Morgan fingerprint density at radius 2 is 1.79 bits per heavy atom. The van der Waals surface area contributed by atoms with Gasteiger partial charge in [-0.05, 0) is 55.0 Å². The molecule has 3 aromatic carbocycles. The van der Waals surface area contributed by atoms with E-state index in [1.807, 2.05) is 18.2 Å². The molecule has 0 bridgehead atoms. The number of thiazole rings is 1. The Hall–Kier alpha value is -4.50. The molecule has 5 rings (SSSR count). The number of hydrogen-bond acceptors (Lipinski definition) is 6. The fourth-order valence-electron chi connectivity index (χ4n) is 4.38. The van der Waals surface area contributed by atoms with Crippen molar-refractivity contribution in [2.75, 3.05) is 19.5 Å². The van der Waals surface area contributed by atoms with E-state index in [1.165, 1.54) is 35.1 Å². The summed E-state index contributed by atoms with van der Waals surface area (Å²) in [5.74, 6) is 0.292. The summed E-state index contributed by atoms with van der Waals surface area (Å²) in [6.07, 6.45) is 1.69. The molecule has 1 atom stereocenters. The number of halogens is 1. The number of methoxy groups -OCH3 is 2. The molecular formula is C29H24FN3O4S. The van der Waals surface area contributed by atoms with Crippen molar-refractivity contribution < 1.29 is 18.7 Å². The van der Waals surface area contributed by atoms with Crippen LogP contribution in [0.3, 0.4) is 0 Å². The van der Waals surface area contributed by atoms with Crippen molar-refractivity contribution in [3.63, 3.8) is 0 Å². The minimum Gasteiger partial charge on any atom is -0.497 e. The van der Waals surface area contributed by atoms with Gasteiger partial charge in [0.15, 0.2) is 4.80 Å². The number of benzene rings is 3. The summed E-state index contributed by atoms with van der Waals surface area (Å²) < 4.78 is 26.4. The molecule has 1 aliphatic rings. The topological polar surface area (TPSA) is 81.9 Å². The zero-order valence-electron chi connectivity index (χ0n) is 20.9. The molecule has 0 aliphatic carbocycles. The van der Waals surface area contributed by atoms with E-state index in [1.54, 1.807) is 62.6 Å². The summed E-state index contributed by atoms with van der Waals surface area (Å²) in [7, 11) is 3.08. The van der Waals surface area contributed by atoms with Gasteiger partial charge in [0.2, 0.25) is 0 Å². The van der Waals surface area contributed by atoms with Crippen LogP contribution in [0.15, 0.2) is 93.9 Å². The van der Waals surface area contributed by atoms with Crippen molar-refractivity contribution in [1.29, 1.82) is 0 Å². The number of carbonyl (C=O) groups excluding carboxylic acids is 1. The van der Waals surface area contributed by atoms with Crippen LogP contribution in [-0.4, -0.2) is 24.7 Å². The molecule has 7 nitrogen and oxygen atoms in total. The van der Waals surface area contributed by atoms with Gasteiger partial charge in [0.05, 0.1) is 30.0 Å². The Kier molecular flexibility index (Phi) is 6.93. The maximum Gasteiger partial charge on any atom is 0.271 e. The van der Waals surface area contributed by atoms with Gasteiger partial charge in [0, 0.05) is 17.3 Å². The third kappa shape index (κ3) is 4.76. The van der Waals surface area contributed by atoms with E-state index in [4.69, 9.17) is 9.47 Å². The highest BCUT2D eigenvalue weighted by atomic mass is 32.1. The minimum atomic E-state index is -0.814. The van der Waals surface area contributed by atoms with Gasteiger partial charge in [-0.15, -0.1) is 0 Å². The molecule has 0 unspecified atom stereocenters. The summed E-state index contributed by atoms with van der Waals surface area (Å²) in [5.41, 5.74) is 2.38. The van der Waals surface area contributed by atoms with Crippen LogP contribution in [0.2, 0.25) is 0 Å². The molecule has 1 aromatic heterocycles. The molecule has 192 valence electrons. The van der Waals surface area contributed by atoms with Gasteiger partial charge in [0.1, 0.15) is 23.4 Å². The minimum absolute atomic E-state index is 0.318. The highest BCUT2D eigenvalue weighted by molar-refractivity contribution is 7.07. The van der Waals surface area contributed by atoms with Crippen molar-refractivity contribution in [2.24, 2.45) is 4.99 Å². The second-order valence-corrected chi connectivity index (χ2v) is 9.57. The molecule has 0 radical (unpaired) electrons. The van der Waals surface area contributed by atoms with Crippen molar-refractivity contribution in [3.05, 3.63) is 121 Å². The third-order valence-electron chi connectivity index (χ3n) is 6.20. The Morgan fingerprint density at radius 3 is 2.47 bits per heavy atom. The van der Waals surface area contributed by atoms with E-state index in [2.05, 4.69) is 10.3 Å². The number of hydrogen-bond donors (Lipinski definition) is 1. The monoisotopic (exact) mass is 529 g/mol. The molecule has 0 spiro atoms. The fraction of sp³-hybridized carbons (Fsp3) is 0.138. The molecule has 0 saturated heterocycles. The largest absolute Gasteiger partial charge is 0.497 e. The normalized spacial score (nSPS) is 15.1. The lowest BCUT2D eigenvalue weighted by Crippen LogP contribution is -2.40. The maximum absolute atomic E-state index is 13.8. The lowest BCUT2D eigenvalue weighted by Gasteiger charge is -2.26. The zero-order chi connectivity index (χ0) is 26.8. The van der Waals surface area contributed by atoms with E-state index in [0.29, 0.717) is 48.9 Å². The van der Waals surface area contributed by atoms with Crippen LogP contribution in [0.5, 0.6) is 11.5 Å². The van der Waals surface area contributed by atoms with Crippen molar-refractivity contribution in [3.8, 4) is 11.5 Å². The van der Waals surface area contributed by atoms with E-state index in [-0.39, 0.29) is 17.3 Å². The summed E-state index contributed by atoms with van der Waals surface area (Å²) in [6, 6.07) is 19.4. The lowest BCUT2D eigenvalue weighted by molar-refractivity contribution is -0.113. The molecule has 0 fully saturated rings. The number of fused-ring (bicyclic) bond motifs is 1. The van der Waals surface area contributed by atoms with Crippen LogP contribution in [0.25, 0.3) is 6.08 Å². The predicted octanol–water partition coefficient (Wildman–Crippen LogP) is 4.03. The quantitative estimate of drug-likeness (QED) is 0.409. The predicted molar refractivity (Wildman–Crippen MR) is 145 cm³/mol. The molecule has 1 aliphatic heterocycles. The third-order valence-corrected chi connectivity index (χ3v) is 7.18. The zero-order valence-corrected chi connectivity index (χ0v) is 21.7. The second kappa shape index (κ2) is 10.5. The first-order valence-electron chi connectivity index (χ1n) is 11.8. The van der Waals surface area contributed by atoms with Gasteiger partial charge in [-0.3, -0.25) is 14.2 Å². The average molecular weight is 530 g/mol. The van der Waals surface area contributed by atoms with Gasteiger partial charge in [-0.2, -0.15) is 0 Å². The second-order valence-electron chi connectivity index (χ2n) is 8.56. The number of amides is 1. The van der Waals surface area contributed by atoms with Crippen LogP contribution < -0.4 is 29.7 Å². The van der Waals surface area contributed by atoms with E-state index < -0.39 is 6.04 Å². The number of anilines is 1. The SMILES string of the molecule is COc1ccc([C@H]2C(C(=O)Nc3ccccc3)=C(C)N=c3s/c(=C\c4ccc(F)cc4)c(=O)n32)c(OC)c1. The molecule has 9 heteroatoms. The van der Waals surface area contributed by atoms with E-state index in [9.17, 15) is 14.0 Å². The van der Waals surface area contributed by atoms with Crippen LogP contribution in [0.1, 0.15) is 24.1 Å². The first-order chi connectivity index (χ1) is 18.4. The highest BCUT2D eigenvalue weighted by Gasteiger charge is 2.34. The Morgan fingerprint density at radius 1 is 1.05 bits per heavy atom. The number of carbonyl (C=O) groups is 1. The lowest BCUT2D eigenvalue weighted by atomic mass is 9.94. The number of nitrogens with one attached hydrogen (secondary N) is 1. The molecule has 2 heterocycles. The highest BCUT2D eigenvalue weighted by Crippen LogP contribution is 2.37. The summed E-state index contributed by atoms with van der Waals surface area (Å²) in [6.45, 7) is 1.75. The van der Waals surface area contributed by atoms with Gasteiger partial charge < -0.3 is 14.8 Å². The van der Waals surface area contributed by atoms with Gasteiger partial charge in [-0.1, -0.05) is 41.7 Å².